The maximum Gasteiger partial charge on any atom is 0.161 e. The van der Waals surface area contributed by atoms with E-state index >= 15 is 0 Å². The highest BCUT2D eigenvalue weighted by molar-refractivity contribution is 5.83. The van der Waals surface area contributed by atoms with Gasteiger partial charge in [0.15, 0.2) is 17.3 Å². The van der Waals surface area contributed by atoms with Gasteiger partial charge in [0.05, 0.1) is 35.0 Å². The number of ether oxygens (including phenoxy) is 4. The van der Waals surface area contributed by atoms with Crippen molar-refractivity contribution in [3.05, 3.63) is 47.0 Å². The minimum atomic E-state index is 0.160. The van der Waals surface area contributed by atoms with Crippen LogP contribution in [0.5, 0.6) is 23.0 Å². The van der Waals surface area contributed by atoms with E-state index in [0.29, 0.717) is 24.5 Å². The average molecular weight is 385 g/mol. The molecule has 0 amide bonds. The molecule has 1 aliphatic heterocycles. The molecule has 6 heteroatoms. The highest BCUT2D eigenvalue weighted by Gasteiger charge is 2.21. The lowest BCUT2D eigenvalue weighted by Gasteiger charge is -2.29. The normalized spacial score (nSPS) is 13.6. The maximum absolute atomic E-state index is 12.7. The van der Waals surface area contributed by atoms with E-state index < -0.39 is 0 Å². The Morgan fingerprint density at radius 3 is 2.21 bits per heavy atom. The van der Waals surface area contributed by atoms with Crippen LogP contribution < -0.4 is 18.9 Å². The minimum absolute atomic E-state index is 0.160. The number of ketones is 1. The second-order valence-corrected chi connectivity index (χ2v) is 6.83. The van der Waals surface area contributed by atoms with Crippen LogP contribution in [0.15, 0.2) is 30.3 Å². The van der Waals surface area contributed by atoms with E-state index in [0.717, 1.165) is 36.6 Å². The fourth-order valence-electron chi connectivity index (χ4n) is 3.59. The van der Waals surface area contributed by atoms with Crippen molar-refractivity contribution in [1.29, 1.82) is 0 Å². The van der Waals surface area contributed by atoms with Crippen molar-refractivity contribution in [2.24, 2.45) is 0 Å². The van der Waals surface area contributed by atoms with Crippen molar-refractivity contribution in [2.75, 3.05) is 41.5 Å². The van der Waals surface area contributed by atoms with Crippen molar-refractivity contribution >= 4 is 5.78 Å². The molecule has 0 aromatic heterocycles. The zero-order chi connectivity index (χ0) is 20.1. The molecule has 2 aromatic carbocycles. The van der Waals surface area contributed by atoms with E-state index in [2.05, 4.69) is 4.90 Å². The Balaban J connectivity index is 1.66. The molecule has 1 aliphatic rings. The monoisotopic (exact) mass is 385 g/mol. The summed E-state index contributed by atoms with van der Waals surface area (Å²) in [5.74, 6) is 3.01. The largest absolute Gasteiger partial charge is 0.497 e. The molecule has 0 fully saturated rings. The smallest absolute Gasteiger partial charge is 0.161 e. The van der Waals surface area contributed by atoms with Gasteiger partial charge in [0.2, 0.25) is 0 Å². The number of carbonyl (C=O) groups is 1. The topological polar surface area (TPSA) is 57.2 Å². The molecule has 0 atom stereocenters. The number of nitrogens with zero attached hydrogens (tertiary/aromatic N) is 1. The molecule has 0 unspecified atom stereocenters. The Bertz CT molecular complexity index is 849. The maximum atomic E-state index is 12.7. The first-order chi connectivity index (χ1) is 13.6. The number of Topliss-reactive ketones (excluding diaryl/α,β-unsaturated/α-hetero) is 1. The van der Waals surface area contributed by atoms with Gasteiger partial charge in [-0.3, -0.25) is 9.69 Å². The fourth-order valence-corrected chi connectivity index (χ4v) is 3.59. The Labute approximate surface area is 166 Å². The van der Waals surface area contributed by atoms with Gasteiger partial charge in [-0.05, 0) is 35.7 Å². The van der Waals surface area contributed by atoms with E-state index in [-0.39, 0.29) is 5.78 Å². The lowest BCUT2D eigenvalue weighted by atomic mass is 9.98. The summed E-state index contributed by atoms with van der Waals surface area (Å²) in [6.07, 6.45) is 1.22. The Morgan fingerprint density at radius 2 is 1.57 bits per heavy atom. The van der Waals surface area contributed by atoms with Crippen LogP contribution in [0.25, 0.3) is 0 Å². The van der Waals surface area contributed by atoms with Gasteiger partial charge in [0.1, 0.15) is 11.5 Å². The van der Waals surface area contributed by atoms with Crippen LogP contribution in [0.2, 0.25) is 0 Å². The fraction of sp³-hybridized carbons (Fsp3) is 0.409. The molecule has 0 saturated carbocycles. The Morgan fingerprint density at radius 1 is 0.893 bits per heavy atom. The van der Waals surface area contributed by atoms with E-state index in [1.54, 1.807) is 34.5 Å². The van der Waals surface area contributed by atoms with Crippen LogP contribution >= 0.6 is 0 Å². The third-order valence-corrected chi connectivity index (χ3v) is 5.08. The highest BCUT2D eigenvalue weighted by atomic mass is 16.5. The predicted molar refractivity (Wildman–Crippen MR) is 107 cm³/mol. The molecular weight excluding hydrogens is 358 g/mol. The number of carbonyl (C=O) groups excluding carboxylic acids is 1. The standard InChI is InChI=1S/C22H27NO5/c1-25-19-6-5-16(20(12-19)26-2)9-18(24)14-23-8-7-15-10-21(27-3)22(28-4)11-17(15)13-23/h5-6,10-12H,7-9,13-14H2,1-4H3. The predicted octanol–water partition coefficient (Wildman–Crippen LogP) is 2.89. The molecule has 0 spiro atoms. The molecule has 6 nitrogen and oxygen atoms in total. The lowest BCUT2D eigenvalue weighted by molar-refractivity contribution is -0.119. The van der Waals surface area contributed by atoms with Crippen molar-refractivity contribution < 1.29 is 23.7 Å². The van der Waals surface area contributed by atoms with Gasteiger partial charge in [-0.2, -0.15) is 0 Å². The summed E-state index contributed by atoms with van der Waals surface area (Å²) in [5, 5.41) is 0. The van der Waals surface area contributed by atoms with Gasteiger partial charge in [0.25, 0.3) is 0 Å². The minimum Gasteiger partial charge on any atom is -0.497 e. The van der Waals surface area contributed by atoms with Crippen LogP contribution in [0.4, 0.5) is 0 Å². The van der Waals surface area contributed by atoms with Gasteiger partial charge in [0, 0.05) is 31.1 Å². The summed E-state index contributed by atoms with van der Waals surface area (Å²) in [5.41, 5.74) is 3.30. The molecule has 0 aliphatic carbocycles. The second kappa shape index (κ2) is 8.97. The van der Waals surface area contributed by atoms with Gasteiger partial charge >= 0.3 is 0 Å². The van der Waals surface area contributed by atoms with Crippen LogP contribution in [0, 0.1) is 0 Å². The SMILES string of the molecule is COc1ccc(CC(=O)CN2CCc3cc(OC)c(OC)cc3C2)c(OC)c1. The zero-order valence-corrected chi connectivity index (χ0v) is 16.9. The molecule has 1 heterocycles. The number of benzene rings is 2. The summed E-state index contributed by atoms with van der Waals surface area (Å²) in [6.45, 7) is 1.97. The van der Waals surface area contributed by atoms with E-state index in [1.807, 2.05) is 24.3 Å². The summed E-state index contributed by atoms with van der Waals surface area (Å²) in [7, 11) is 6.49. The van der Waals surface area contributed by atoms with Gasteiger partial charge in [-0.1, -0.05) is 6.07 Å². The molecule has 150 valence electrons. The first-order valence-corrected chi connectivity index (χ1v) is 9.26. The molecule has 3 rings (SSSR count). The van der Waals surface area contributed by atoms with Crippen LogP contribution in [0.1, 0.15) is 16.7 Å². The number of methoxy groups -OCH3 is 4. The first-order valence-electron chi connectivity index (χ1n) is 9.26. The van der Waals surface area contributed by atoms with Crippen molar-refractivity contribution in [3.63, 3.8) is 0 Å². The number of hydrogen-bond donors (Lipinski definition) is 0. The lowest BCUT2D eigenvalue weighted by Crippen LogP contribution is -2.35. The molecule has 0 radical (unpaired) electrons. The van der Waals surface area contributed by atoms with Crippen molar-refractivity contribution in [1.82, 2.24) is 4.90 Å². The Kier molecular flexibility index (Phi) is 6.41. The molecular formula is C22H27NO5. The van der Waals surface area contributed by atoms with Crippen LogP contribution in [-0.4, -0.2) is 52.2 Å². The summed E-state index contributed by atoms with van der Waals surface area (Å²) in [6, 6.07) is 9.59. The Hall–Kier alpha value is -2.73. The van der Waals surface area contributed by atoms with Gasteiger partial charge in [-0.25, -0.2) is 0 Å². The van der Waals surface area contributed by atoms with E-state index in [4.69, 9.17) is 18.9 Å². The first kappa shape index (κ1) is 20.0. The van der Waals surface area contributed by atoms with Gasteiger partial charge in [-0.15, -0.1) is 0 Å². The third kappa shape index (κ3) is 4.39. The zero-order valence-electron chi connectivity index (χ0n) is 16.9. The van der Waals surface area contributed by atoms with Crippen molar-refractivity contribution in [2.45, 2.75) is 19.4 Å². The molecule has 0 saturated heterocycles. The number of rotatable bonds is 8. The molecule has 2 aromatic rings. The van der Waals surface area contributed by atoms with Crippen LogP contribution in [0.3, 0.4) is 0 Å². The number of fused-ring (bicyclic) bond motifs is 1. The van der Waals surface area contributed by atoms with E-state index in [9.17, 15) is 4.79 Å². The molecule has 0 N–H and O–H groups in total. The average Bonchev–Trinajstić information content (AvgIpc) is 2.72. The van der Waals surface area contributed by atoms with Gasteiger partial charge < -0.3 is 18.9 Å². The highest BCUT2D eigenvalue weighted by Crippen LogP contribution is 2.33. The third-order valence-electron chi connectivity index (χ3n) is 5.08. The van der Waals surface area contributed by atoms with Crippen molar-refractivity contribution in [3.8, 4) is 23.0 Å². The molecule has 28 heavy (non-hydrogen) atoms. The van der Waals surface area contributed by atoms with E-state index in [1.165, 1.54) is 11.1 Å². The summed E-state index contributed by atoms with van der Waals surface area (Å²) >= 11 is 0. The quantitative estimate of drug-likeness (QED) is 0.697. The molecule has 0 bridgehead atoms. The summed E-state index contributed by atoms with van der Waals surface area (Å²) < 4.78 is 21.4. The number of hydrogen-bond acceptors (Lipinski definition) is 6. The second-order valence-electron chi connectivity index (χ2n) is 6.83. The summed E-state index contributed by atoms with van der Waals surface area (Å²) in [4.78, 5) is 14.8. The van der Waals surface area contributed by atoms with Crippen LogP contribution in [-0.2, 0) is 24.2 Å².